The van der Waals surface area contributed by atoms with E-state index >= 15 is 0 Å². The first kappa shape index (κ1) is 14.1. The van der Waals surface area contributed by atoms with Crippen LogP contribution in [0.4, 0.5) is 0 Å². The summed E-state index contributed by atoms with van der Waals surface area (Å²) in [5.74, 6) is 0.420. The summed E-state index contributed by atoms with van der Waals surface area (Å²) in [5.41, 5.74) is 0.113. The van der Waals surface area contributed by atoms with Gasteiger partial charge in [0.05, 0.1) is 5.54 Å². The molecule has 0 amide bonds. The van der Waals surface area contributed by atoms with Gasteiger partial charge in [-0.05, 0) is 38.4 Å². The predicted molar refractivity (Wildman–Crippen MR) is 74.4 cm³/mol. The number of Topliss-reactive ketones (excluding diaryl/α,β-unsaturated/α-hetero) is 1. The van der Waals surface area contributed by atoms with Gasteiger partial charge in [-0.2, -0.15) is 0 Å². The molecule has 0 aromatic carbocycles. The van der Waals surface area contributed by atoms with Crippen LogP contribution >= 0.6 is 11.3 Å². The van der Waals surface area contributed by atoms with Gasteiger partial charge in [-0.25, -0.2) is 0 Å². The van der Waals surface area contributed by atoms with Crippen molar-refractivity contribution in [3.63, 3.8) is 0 Å². The van der Waals surface area contributed by atoms with Gasteiger partial charge in [-0.3, -0.25) is 9.69 Å². The number of ketones is 1. The summed E-state index contributed by atoms with van der Waals surface area (Å²) in [6.45, 7) is 6.00. The standard InChI is InChI=1S/C12H17NOS.C2H4/c1-13(2)12(11-4-3-9-15-11)7-5-10(14)6-8-12;1-2/h3-4,9H,5-8H2,1-2H3;1-2H2. The van der Waals surface area contributed by atoms with E-state index in [2.05, 4.69) is 49.7 Å². The highest BCUT2D eigenvalue weighted by atomic mass is 32.1. The van der Waals surface area contributed by atoms with Gasteiger partial charge in [0.25, 0.3) is 0 Å². The van der Waals surface area contributed by atoms with E-state index in [4.69, 9.17) is 0 Å². The summed E-state index contributed by atoms with van der Waals surface area (Å²) in [4.78, 5) is 15.0. The van der Waals surface area contributed by atoms with Crippen molar-refractivity contribution in [3.8, 4) is 0 Å². The molecule has 0 bridgehead atoms. The second-order valence-corrected chi connectivity index (χ2v) is 5.39. The van der Waals surface area contributed by atoms with E-state index in [-0.39, 0.29) is 5.54 Å². The van der Waals surface area contributed by atoms with Crippen molar-refractivity contribution in [1.82, 2.24) is 4.90 Å². The van der Waals surface area contributed by atoms with Crippen LogP contribution in [0.15, 0.2) is 30.7 Å². The summed E-state index contributed by atoms with van der Waals surface area (Å²) in [5, 5.41) is 2.12. The van der Waals surface area contributed by atoms with E-state index < -0.39 is 0 Å². The molecule has 17 heavy (non-hydrogen) atoms. The number of thiophene rings is 1. The third-order valence-corrected chi connectivity index (χ3v) is 4.53. The zero-order valence-electron chi connectivity index (χ0n) is 10.7. The van der Waals surface area contributed by atoms with Gasteiger partial charge in [-0.15, -0.1) is 24.5 Å². The Kier molecular flexibility index (Phi) is 5.09. The van der Waals surface area contributed by atoms with Gasteiger partial charge in [0, 0.05) is 17.7 Å². The minimum Gasteiger partial charge on any atom is -0.300 e. The van der Waals surface area contributed by atoms with E-state index in [0.29, 0.717) is 5.78 Å². The zero-order valence-corrected chi connectivity index (χ0v) is 11.6. The Morgan fingerprint density at radius 2 is 1.88 bits per heavy atom. The van der Waals surface area contributed by atoms with Gasteiger partial charge < -0.3 is 0 Å². The van der Waals surface area contributed by atoms with Crippen LogP contribution < -0.4 is 0 Å². The smallest absolute Gasteiger partial charge is 0.133 e. The molecule has 0 saturated heterocycles. The van der Waals surface area contributed by atoms with Crippen LogP contribution in [0.1, 0.15) is 30.6 Å². The highest BCUT2D eigenvalue weighted by Crippen LogP contribution is 2.41. The summed E-state index contributed by atoms with van der Waals surface area (Å²) in [7, 11) is 4.24. The Morgan fingerprint density at radius 3 is 2.29 bits per heavy atom. The maximum Gasteiger partial charge on any atom is 0.133 e. The molecular weight excluding hydrogens is 230 g/mol. The first-order chi connectivity index (χ1) is 8.15. The fourth-order valence-corrected chi connectivity index (χ4v) is 3.47. The first-order valence-electron chi connectivity index (χ1n) is 5.88. The molecule has 2 nitrogen and oxygen atoms in total. The van der Waals surface area contributed by atoms with Crippen molar-refractivity contribution in [2.24, 2.45) is 0 Å². The Hall–Kier alpha value is -0.930. The lowest BCUT2D eigenvalue weighted by Crippen LogP contribution is -2.43. The van der Waals surface area contributed by atoms with Crippen LogP contribution in [0, 0.1) is 0 Å². The minimum absolute atomic E-state index is 0.113. The van der Waals surface area contributed by atoms with Crippen LogP contribution in [0.2, 0.25) is 0 Å². The lowest BCUT2D eigenvalue weighted by atomic mass is 9.79. The summed E-state index contributed by atoms with van der Waals surface area (Å²) >= 11 is 1.80. The molecule has 2 rings (SSSR count). The van der Waals surface area contributed by atoms with Gasteiger partial charge in [0.15, 0.2) is 0 Å². The second-order valence-electron chi connectivity index (χ2n) is 4.44. The van der Waals surface area contributed by atoms with Crippen LogP contribution in [0.25, 0.3) is 0 Å². The highest BCUT2D eigenvalue weighted by molar-refractivity contribution is 7.10. The molecule has 94 valence electrons. The second kappa shape index (κ2) is 6.12. The maximum atomic E-state index is 11.3. The van der Waals surface area contributed by atoms with Crippen molar-refractivity contribution in [1.29, 1.82) is 0 Å². The van der Waals surface area contributed by atoms with Crippen molar-refractivity contribution < 1.29 is 4.79 Å². The Bertz CT molecular complexity index is 346. The SMILES string of the molecule is C=C.CN(C)C1(c2cccs2)CCC(=O)CC1. The topological polar surface area (TPSA) is 20.3 Å². The number of hydrogen-bond donors (Lipinski definition) is 0. The zero-order chi connectivity index (χ0) is 12.9. The fraction of sp³-hybridized carbons (Fsp3) is 0.500. The van der Waals surface area contributed by atoms with Crippen molar-refractivity contribution in [2.45, 2.75) is 31.2 Å². The van der Waals surface area contributed by atoms with Crippen LogP contribution in [0.5, 0.6) is 0 Å². The fourth-order valence-electron chi connectivity index (χ4n) is 2.40. The van der Waals surface area contributed by atoms with E-state index in [1.54, 1.807) is 11.3 Å². The Labute approximate surface area is 108 Å². The van der Waals surface area contributed by atoms with Crippen LogP contribution in [-0.4, -0.2) is 24.8 Å². The molecule has 1 aromatic heterocycles. The summed E-state index contributed by atoms with van der Waals surface area (Å²) in [6.07, 6.45) is 3.41. The molecule has 1 saturated carbocycles. The number of hydrogen-bond acceptors (Lipinski definition) is 3. The van der Waals surface area contributed by atoms with Gasteiger partial charge in [0.1, 0.15) is 5.78 Å². The van der Waals surface area contributed by atoms with E-state index in [9.17, 15) is 4.79 Å². The van der Waals surface area contributed by atoms with E-state index in [0.717, 1.165) is 25.7 Å². The molecule has 1 aromatic rings. The minimum atomic E-state index is 0.113. The molecule has 1 heterocycles. The van der Waals surface area contributed by atoms with Crippen molar-refractivity contribution in [2.75, 3.05) is 14.1 Å². The normalized spacial score (nSPS) is 18.6. The molecule has 0 spiro atoms. The average molecular weight is 251 g/mol. The quantitative estimate of drug-likeness (QED) is 0.750. The molecular formula is C14H21NOS. The largest absolute Gasteiger partial charge is 0.300 e. The maximum absolute atomic E-state index is 11.3. The Balaban J connectivity index is 0.000000686. The third kappa shape index (κ3) is 2.85. The van der Waals surface area contributed by atoms with E-state index in [1.165, 1.54) is 4.88 Å². The number of carbonyl (C=O) groups is 1. The molecule has 1 fully saturated rings. The summed E-state index contributed by atoms with van der Waals surface area (Å²) < 4.78 is 0. The van der Waals surface area contributed by atoms with E-state index in [1.807, 2.05) is 0 Å². The molecule has 0 unspecified atom stereocenters. The highest BCUT2D eigenvalue weighted by Gasteiger charge is 2.38. The third-order valence-electron chi connectivity index (χ3n) is 3.47. The molecule has 1 aliphatic rings. The molecule has 0 N–H and O–H groups in total. The lowest BCUT2D eigenvalue weighted by molar-refractivity contribution is -0.122. The predicted octanol–water partition coefficient (Wildman–Crippen LogP) is 3.45. The average Bonchev–Trinajstić information content (AvgIpc) is 2.87. The molecule has 0 atom stereocenters. The van der Waals surface area contributed by atoms with Crippen LogP contribution in [-0.2, 0) is 10.3 Å². The van der Waals surface area contributed by atoms with Crippen LogP contribution in [0.3, 0.4) is 0 Å². The first-order valence-corrected chi connectivity index (χ1v) is 6.76. The molecule has 3 heteroatoms. The molecule has 1 aliphatic carbocycles. The summed E-state index contributed by atoms with van der Waals surface area (Å²) in [6, 6.07) is 4.29. The monoisotopic (exact) mass is 251 g/mol. The molecule has 0 radical (unpaired) electrons. The van der Waals surface area contributed by atoms with Gasteiger partial charge in [0.2, 0.25) is 0 Å². The lowest BCUT2D eigenvalue weighted by Gasteiger charge is -2.41. The number of rotatable bonds is 2. The number of carbonyl (C=O) groups excluding carboxylic acids is 1. The van der Waals surface area contributed by atoms with Gasteiger partial charge in [-0.1, -0.05) is 6.07 Å². The Morgan fingerprint density at radius 1 is 1.29 bits per heavy atom. The van der Waals surface area contributed by atoms with Gasteiger partial charge >= 0.3 is 0 Å². The van der Waals surface area contributed by atoms with Crippen molar-refractivity contribution >= 4 is 17.1 Å². The molecule has 0 aliphatic heterocycles. The number of nitrogens with zero attached hydrogens (tertiary/aromatic N) is 1. The van der Waals surface area contributed by atoms with Crippen molar-refractivity contribution in [3.05, 3.63) is 35.5 Å².